The van der Waals surface area contributed by atoms with Crippen molar-refractivity contribution in [2.75, 3.05) is 11.0 Å². The molecule has 0 aliphatic carbocycles. The highest BCUT2D eigenvalue weighted by Crippen LogP contribution is 2.22. The molecule has 0 N–H and O–H groups in total. The normalized spacial score (nSPS) is 24.7. The van der Waals surface area contributed by atoms with Gasteiger partial charge in [0.25, 0.3) is 0 Å². The van der Waals surface area contributed by atoms with Crippen molar-refractivity contribution in [2.24, 2.45) is 10.4 Å². The number of hydrogen-bond donors (Lipinski definition) is 0. The van der Waals surface area contributed by atoms with Gasteiger partial charge in [-0.1, -0.05) is 43.4 Å². The van der Waals surface area contributed by atoms with Crippen LogP contribution in [0.25, 0.3) is 0 Å². The number of hydrogen-bond acceptors (Lipinski definition) is 2. The highest BCUT2D eigenvalue weighted by molar-refractivity contribution is 14.1. The number of alkyl halides is 1. The second kappa shape index (κ2) is 3.29. The lowest BCUT2D eigenvalue weighted by Gasteiger charge is -2.19. The number of nitrogens with zero attached hydrogens (tertiary/aromatic N) is 1. The minimum atomic E-state index is 0.0839. The third-order valence-electron chi connectivity index (χ3n) is 1.53. The maximum absolute atomic E-state index is 5.62. The molecule has 0 aromatic rings. The number of halogens is 1. The first-order valence-electron chi connectivity index (χ1n) is 3.81. The van der Waals surface area contributed by atoms with Crippen molar-refractivity contribution in [1.82, 2.24) is 0 Å². The minimum Gasteiger partial charge on any atom is -0.475 e. The second-order valence-corrected chi connectivity index (χ2v) is 4.67. The molecule has 0 spiro atoms. The smallest absolute Gasteiger partial charge is 0.189 e. The summed E-state index contributed by atoms with van der Waals surface area (Å²) in [7, 11) is 0. The topological polar surface area (TPSA) is 21.6 Å². The molecule has 0 aromatic heterocycles. The minimum absolute atomic E-state index is 0.0839. The Kier molecular flexibility index (Phi) is 2.78. The van der Waals surface area contributed by atoms with Crippen LogP contribution in [-0.2, 0) is 4.74 Å². The van der Waals surface area contributed by atoms with Crippen molar-refractivity contribution in [2.45, 2.75) is 26.9 Å². The van der Waals surface area contributed by atoms with E-state index in [2.05, 4.69) is 48.4 Å². The lowest BCUT2D eigenvalue weighted by Crippen LogP contribution is -2.24. The molecule has 2 nitrogen and oxygen atoms in total. The molecule has 64 valence electrons. The van der Waals surface area contributed by atoms with Crippen LogP contribution in [-0.4, -0.2) is 23.0 Å². The summed E-state index contributed by atoms with van der Waals surface area (Å²) in [6.07, 6.45) is 0.324. The van der Waals surface area contributed by atoms with Crippen LogP contribution < -0.4 is 0 Å². The van der Waals surface area contributed by atoms with E-state index < -0.39 is 0 Å². The molecule has 1 heterocycles. The molecule has 0 amide bonds. The average molecular weight is 267 g/mol. The first kappa shape index (κ1) is 9.29. The van der Waals surface area contributed by atoms with E-state index in [9.17, 15) is 0 Å². The summed E-state index contributed by atoms with van der Waals surface area (Å²) in [6, 6.07) is 0. The predicted molar refractivity (Wildman–Crippen MR) is 55.5 cm³/mol. The third kappa shape index (κ3) is 2.32. The van der Waals surface area contributed by atoms with Gasteiger partial charge in [-0.05, 0) is 0 Å². The fraction of sp³-hybridized carbons (Fsp3) is 0.875. The van der Waals surface area contributed by atoms with Gasteiger partial charge >= 0.3 is 0 Å². The molecule has 1 rings (SSSR count). The summed E-state index contributed by atoms with van der Waals surface area (Å²) in [5.74, 6) is 0.916. The Morgan fingerprint density at radius 3 is 2.55 bits per heavy atom. The molecule has 0 saturated carbocycles. The number of ether oxygens (including phenoxy) is 1. The molecule has 0 unspecified atom stereocenters. The van der Waals surface area contributed by atoms with Gasteiger partial charge in [-0.3, -0.25) is 4.99 Å². The Morgan fingerprint density at radius 2 is 2.27 bits per heavy atom. The molecular weight excluding hydrogens is 253 g/mol. The molecule has 1 aliphatic heterocycles. The van der Waals surface area contributed by atoms with Crippen molar-refractivity contribution < 1.29 is 4.74 Å². The van der Waals surface area contributed by atoms with Crippen molar-refractivity contribution in [3.8, 4) is 0 Å². The summed E-state index contributed by atoms with van der Waals surface area (Å²) in [6.45, 7) is 7.22. The second-order valence-electron chi connectivity index (χ2n) is 3.79. The maximum Gasteiger partial charge on any atom is 0.189 e. The maximum atomic E-state index is 5.62. The van der Waals surface area contributed by atoms with Gasteiger partial charge in [0.15, 0.2) is 5.90 Å². The Labute approximate surface area is 81.6 Å². The first-order valence-corrected chi connectivity index (χ1v) is 5.34. The molecule has 0 aromatic carbocycles. The van der Waals surface area contributed by atoms with Gasteiger partial charge < -0.3 is 4.74 Å². The molecule has 0 radical (unpaired) electrons. The largest absolute Gasteiger partial charge is 0.475 e. The first-order chi connectivity index (χ1) is 5.04. The number of rotatable bonds is 1. The van der Waals surface area contributed by atoms with Crippen molar-refractivity contribution in [1.29, 1.82) is 0 Å². The molecule has 0 bridgehead atoms. The van der Waals surface area contributed by atoms with E-state index in [1.165, 1.54) is 0 Å². The van der Waals surface area contributed by atoms with Crippen LogP contribution in [0.2, 0.25) is 0 Å². The number of aliphatic imine (C=N–C) groups is 1. The van der Waals surface area contributed by atoms with Crippen LogP contribution >= 0.6 is 22.6 Å². The summed E-state index contributed by atoms with van der Waals surface area (Å²) in [5, 5.41) is 0. The van der Waals surface area contributed by atoms with Crippen molar-refractivity contribution in [3.63, 3.8) is 0 Å². The van der Waals surface area contributed by atoms with Crippen molar-refractivity contribution >= 4 is 28.5 Å². The highest BCUT2D eigenvalue weighted by Gasteiger charge is 2.28. The van der Waals surface area contributed by atoms with E-state index in [0.717, 1.165) is 16.9 Å². The summed E-state index contributed by atoms with van der Waals surface area (Å²) in [5.41, 5.74) is 0.0839. The van der Waals surface area contributed by atoms with Crippen LogP contribution in [0.15, 0.2) is 4.99 Å². The molecule has 1 atom stereocenters. The molecule has 0 fully saturated rings. The quantitative estimate of drug-likeness (QED) is 0.527. The zero-order valence-electron chi connectivity index (χ0n) is 7.22. The van der Waals surface area contributed by atoms with Gasteiger partial charge in [0.2, 0.25) is 0 Å². The Balaban J connectivity index is 2.53. The summed E-state index contributed by atoms with van der Waals surface area (Å²) >= 11 is 2.33. The van der Waals surface area contributed by atoms with Gasteiger partial charge in [-0.15, -0.1) is 0 Å². The van der Waals surface area contributed by atoms with Crippen LogP contribution in [0.5, 0.6) is 0 Å². The fourth-order valence-electron chi connectivity index (χ4n) is 0.911. The van der Waals surface area contributed by atoms with E-state index in [0.29, 0.717) is 6.10 Å². The predicted octanol–water partition coefficient (Wildman–Crippen LogP) is 2.26. The zero-order chi connectivity index (χ0) is 8.48. The molecule has 11 heavy (non-hydrogen) atoms. The van der Waals surface area contributed by atoms with Crippen LogP contribution in [0.1, 0.15) is 20.8 Å². The lowest BCUT2D eigenvalue weighted by molar-refractivity contribution is 0.225. The zero-order valence-corrected chi connectivity index (χ0v) is 9.38. The van der Waals surface area contributed by atoms with Gasteiger partial charge in [-0.2, -0.15) is 0 Å². The lowest BCUT2D eigenvalue weighted by atomic mass is 9.97. The van der Waals surface area contributed by atoms with E-state index in [4.69, 9.17) is 4.74 Å². The van der Waals surface area contributed by atoms with Crippen molar-refractivity contribution in [3.05, 3.63) is 0 Å². The van der Waals surface area contributed by atoms with Gasteiger partial charge in [-0.25, -0.2) is 0 Å². The van der Waals surface area contributed by atoms with E-state index >= 15 is 0 Å². The fourth-order valence-corrected chi connectivity index (χ4v) is 1.37. The van der Waals surface area contributed by atoms with Crippen LogP contribution in [0.4, 0.5) is 0 Å². The molecular formula is C8H14INO. The average Bonchev–Trinajstić information content (AvgIpc) is 2.32. The summed E-state index contributed by atoms with van der Waals surface area (Å²) in [4.78, 5) is 4.35. The summed E-state index contributed by atoms with van der Waals surface area (Å²) < 4.78 is 6.65. The van der Waals surface area contributed by atoms with Gasteiger partial charge in [0.05, 0.1) is 6.54 Å². The van der Waals surface area contributed by atoms with Crippen LogP contribution in [0.3, 0.4) is 0 Å². The standard InChI is InChI=1S/C8H14INO/c1-8(2,3)7-10-5-6(4-9)11-7/h6H,4-5H2,1-3H3/t6-/m1/s1. The molecule has 0 saturated heterocycles. The highest BCUT2D eigenvalue weighted by atomic mass is 127. The van der Waals surface area contributed by atoms with E-state index in [1.807, 2.05) is 0 Å². The Bertz CT molecular complexity index is 171. The van der Waals surface area contributed by atoms with Gasteiger partial charge in [0.1, 0.15) is 6.10 Å². The Hall–Kier alpha value is 0.200. The molecule has 3 heteroatoms. The van der Waals surface area contributed by atoms with Gasteiger partial charge in [0, 0.05) is 9.84 Å². The monoisotopic (exact) mass is 267 g/mol. The van der Waals surface area contributed by atoms with Crippen LogP contribution in [0, 0.1) is 5.41 Å². The Morgan fingerprint density at radius 1 is 1.64 bits per heavy atom. The van der Waals surface area contributed by atoms with E-state index in [1.54, 1.807) is 0 Å². The third-order valence-corrected chi connectivity index (χ3v) is 2.51. The SMILES string of the molecule is CC(C)(C)C1=NC[C@@H](CI)O1. The van der Waals surface area contributed by atoms with E-state index in [-0.39, 0.29) is 5.41 Å². The molecule has 1 aliphatic rings.